The van der Waals surface area contributed by atoms with Crippen molar-refractivity contribution >= 4 is 5.78 Å². The molecule has 98 valence electrons. The third-order valence-corrected chi connectivity index (χ3v) is 2.99. The molecule has 0 aromatic heterocycles. The van der Waals surface area contributed by atoms with Crippen LogP contribution in [0.1, 0.15) is 22.3 Å². The predicted molar refractivity (Wildman–Crippen MR) is 62.7 cm³/mol. The zero-order valence-corrected chi connectivity index (χ0v) is 10.1. The first-order valence-electron chi connectivity index (χ1n) is 5.88. The van der Waals surface area contributed by atoms with Crippen molar-refractivity contribution in [3.8, 4) is 0 Å². The highest BCUT2D eigenvalue weighted by Crippen LogP contribution is 2.19. The maximum atomic E-state index is 13.8. The van der Waals surface area contributed by atoms with Gasteiger partial charge in [0.2, 0.25) is 0 Å². The number of hydrogen-bond donors (Lipinski definition) is 1. The minimum atomic E-state index is -0.806. The van der Waals surface area contributed by atoms with Crippen LogP contribution < -0.4 is 5.32 Å². The number of ketones is 1. The van der Waals surface area contributed by atoms with E-state index in [2.05, 4.69) is 5.32 Å². The Morgan fingerprint density at radius 2 is 2.28 bits per heavy atom. The first kappa shape index (κ1) is 13.1. The van der Waals surface area contributed by atoms with Gasteiger partial charge in [0.1, 0.15) is 11.6 Å². The van der Waals surface area contributed by atoms with Crippen molar-refractivity contribution in [2.45, 2.75) is 19.4 Å². The Morgan fingerprint density at radius 3 is 2.94 bits per heavy atom. The summed E-state index contributed by atoms with van der Waals surface area (Å²) in [4.78, 5) is 11.9. The molecule has 1 aromatic carbocycles. The molecule has 0 aliphatic carbocycles. The average molecular weight is 255 g/mol. The van der Waals surface area contributed by atoms with Gasteiger partial charge >= 0.3 is 0 Å². The Morgan fingerprint density at radius 1 is 1.50 bits per heavy atom. The van der Waals surface area contributed by atoms with E-state index in [9.17, 15) is 13.6 Å². The van der Waals surface area contributed by atoms with E-state index < -0.39 is 23.0 Å². The Kier molecular flexibility index (Phi) is 4.04. The molecule has 3 nitrogen and oxygen atoms in total. The van der Waals surface area contributed by atoms with E-state index >= 15 is 0 Å². The molecule has 0 spiro atoms. The Hall–Kier alpha value is -1.33. The summed E-state index contributed by atoms with van der Waals surface area (Å²) in [5.41, 5.74) is -0.171. The van der Waals surface area contributed by atoms with Gasteiger partial charge in [0.15, 0.2) is 5.78 Å². The summed E-state index contributed by atoms with van der Waals surface area (Å²) >= 11 is 0. The molecule has 1 N–H and O–H groups in total. The first-order valence-corrected chi connectivity index (χ1v) is 5.88. The molecule has 1 aliphatic rings. The summed E-state index contributed by atoms with van der Waals surface area (Å²) in [7, 11) is 0. The molecule has 1 heterocycles. The molecule has 1 aliphatic heterocycles. The smallest absolute Gasteiger partial charge is 0.170 e. The van der Waals surface area contributed by atoms with Gasteiger partial charge in [0.05, 0.1) is 18.8 Å². The van der Waals surface area contributed by atoms with Gasteiger partial charge in [0.25, 0.3) is 0 Å². The van der Waals surface area contributed by atoms with E-state index in [1.807, 2.05) is 0 Å². The van der Waals surface area contributed by atoms with Crippen LogP contribution in [0.3, 0.4) is 0 Å². The van der Waals surface area contributed by atoms with Crippen molar-refractivity contribution in [1.82, 2.24) is 5.32 Å². The summed E-state index contributed by atoms with van der Waals surface area (Å²) < 4.78 is 32.5. The van der Waals surface area contributed by atoms with Gasteiger partial charge in [-0.2, -0.15) is 0 Å². The minimum Gasteiger partial charge on any atom is -0.378 e. The number of carbonyl (C=O) groups is 1. The number of hydrogen-bond acceptors (Lipinski definition) is 3. The highest BCUT2D eigenvalue weighted by atomic mass is 19.1. The van der Waals surface area contributed by atoms with Crippen LogP contribution in [-0.2, 0) is 4.74 Å². The molecule has 2 rings (SSSR count). The van der Waals surface area contributed by atoms with E-state index in [-0.39, 0.29) is 18.0 Å². The van der Waals surface area contributed by atoms with Gasteiger partial charge in [-0.25, -0.2) is 8.78 Å². The van der Waals surface area contributed by atoms with E-state index in [4.69, 9.17) is 4.74 Å². The molecule has 0 amide bonds. The number of Topliss-reactive ketones (excluding diaryl/α,β-unsaturated/α-hetero) is 1. The second kappa shape index (κ2) is 5.54. The lowest BCUT2D eigenvalue weighted by molar-refractivity contribution is 0.0672. The molecular weight excluding hydrogens is 240 g/mol. The van der Waals surface area contributed by atoms with E-state index in [1.165, 1.54) is 13.0 Å². The van der Waals surface area contributed by atoms with Gasteiger partial charge in [-0.3, -0.25) is 4.79 Å². The molecule has 1 saturated heterocycles. The number of carbonyl (C=O) groups excluding carboxylic acids is 1. The lowest BCUT2D eigenvalue weighted by atomic mass is 10.0. The second-order valence-corrected chi connectivity index (χ2v) is 4.41. The van der Waals surface area contributed by atoms with Crippen LogP contribution in [0, 0.1) is 18.6 Å². The lowest BCUT2D eigenvalue weighted by Gasteiger charge is -2.23. The molecule has 5 heteroatoms. The Bertz CT molecular complexity index is 457. The van der Waals surface area contributed by atoms with Crippen LogP contribution in [0.2, 0.25) is 0 Å². The lowest BCUT2D eigenvalue weighted by Crippen LogP contribution is -2.42. The maximum absolute atomic E-state index is 13.8. The minimum absolute atomic E-state index is 0.0390. The monoisotopic (exact) mass is 255 g/mol. The van der Waals surface area contributed by atoms with Crippen molar-refractivity contribution < 1.29 is 18.3 Å². The zero-order chi connectivity index (χ0) is 13.1. The summed E-state index contributed by atoms with van der Waals surface area (Å²) in [5, 5.41) is 3.08. The highest BCUT2D eigenvalue weighted by molar-refractivity contribution is 5.97. The van der Waals surface area contributed by atoms with Crippen LogP contribution in [0.25, 0.3) is 0 Å². The molecule has 1 fully saturated rings. The molecule has 0 radical (unpaired) electrons. The van der Waals surface area contributed by atoms with Crippen LogP contribution in [0.4, 0.5) is 8.78 Å². The molecular formula is C13H15F2NO2. The fraction of sp³-hybridized carbons (Fsp3) is 0.462. The van der Waals surface area contributed by atoms with Crippen LogP contribution in [-0.4, -0.2) is 31.6 Å². The standard InChI is InChI=1S/C13H15F2NO2/c1-8-2-3-10(14)12(13(8)15)11(17)6-9-7-18-5-4-16-9/h2-3,9,16H,4-7H2,1H3. The fourth-order valence-electron chi connectivity index (χ4n) is 1.99. The summed E-state index contributed by atoms with van der Waals surface area (Å²) in [6, 6.07) is 2.27. The van der Waals surface area contributed by atoms with Crippen molar-refractivity contribution in [1.29, 1.82) is 0 Å². The number of halogens is 2. The maximum Gasteiger partial charge on any atom is 0.170 e. The third kappa shape index (κ3) is 2.73. The van der Waals surface area contributed by atoms with Gasteiger partial charge in [0, 0.05) is 19.0 Å². The number of benzene rings is 1. The Balaban J connectivity index is 2.15. The summed E-state index contributed by atoms with van der Waals surface area (Å²) in [6.07, 6.45) is 0.0390. The van der Waals surface area contributed by atoms with Crippen molar-refractivity contribution in [3.05, 3.63) is 34.9 Å². The number of aryl methyl sites for hydroxylation is 1. The van der Waals surface area contributed by atoms with Gasteiger partial charge in [-0.15, -0.1) is 0 Å². The van der Waals surface area contributed by atoms with Crippen molar-refractivity contribution in [2.24, 2.45) is 0 Å². The number of morpholine rings is 1. The summed E-state index contributed by atoms with van der Waals surface area (Å²) in [5.74, 6) is -2.10. The quantitative estimate of drug-likeness (QED) is 0.837. The first-order chi connectivity index (χ1) is 8.59. The SMILES string of the molecule is Cc1ccc(F)c(C(=O)CC2COCCN2)c1F. The molecule has 0 saturated carbocycles. The fourth-order valence-corrected chi connectivity index (χ4v) is 1.99. The average Bonchev–Trinajstić information content (AvgIpc) is 2.36. The van der Waals surface area contributed by atoms with Crippen LogP contribution in [0.15, 0.2) is 12.1 Å². The normalized spacial score (nSPS) is 19.8. The number of nitrogens with one attached hydrogen (secondary N) is 1. The Labute approximate surface area is 104 Å². The van der Waals surface area contributed by atoms with Crippen LogP contribution >= 0.6 is 0 Å². The third-order valence-electron chi connectivity index (χ3n) is 2.99. The number of rotatable bonds is 3. The number of ether oxygens (including phenoxy) is 1. The second-order valence-electron chi connectivity index (χ2n) is 4.41. The topological polar surface area (TPSA) is 38.3 Å². The molecule has 1 atom stereocenters. The molecule has 1 unspecified atom stereocenters. The van der Waals surface area contributed by atoms with E-state index in [0.29, 0.717) is 19.8 Å². The van der Waals surface area contributed by atoms with Crippen LogP contribution in [0.5, 0.6) is 0 Å². The largest absolute Gasteiger partial charge is 0.378 e. The summed E-state index contributed by atoms with van der Waals surface area (Å²) in [6.45, 7) is 3.14. The highest BCUT2D eigenvalue weighted by Gasteiger charge is 2.23. The predicted octanol–water partition coefficient (Wildman–Crippen LogP) is 1.83. The zero-order valence-electron chi connectivity index (χ0n) is 10.1. The van der Waals surface area contributed by atoms with Crippen molar-refractivity contribution in [3.63, 3.8) is 0 Å². The van der Waals surface area contributed by atoms with E-state index in [1.54, 1.807) is 0 Å². The molecule has 0 bridgehead atoms. The van der Waals surface area contributed by atoms with Gasteiger partial charge in [-0.1, -0.05) is 6.07 Å². The van der Waals surface area contributed by atoms with Crippen molar-refractivity contribution in [2.75, 3.05) is 19.8 Å². The van der Waals surface area contributed by atoms with E-state index in [0.717, 1.165) is 6.07 Å². The van der Waals surface area contributed by atoms with Gasteiger partial charge in [-0.05, 0) is 18.6 Å². The molecule has 1 aromatic rings. The molecule has 18 heavy (non-hydrogen) atoms. The van der Waals surface area contributed by atoms with Gasteiger partial charge < -0.3 is 10.1 Å².